The highest BCUT2D eigenvalue weighted by Crippen LogP contribution is 2.38. The van der Waals surface area contributed by atoms with Crippen molar-refractivity contribution in [2.24, 2.45) is 0 Å². The van der Waals surface area contributed by atoms with Crippen molar-refractivity contribution < 1.29 is 13.2 Å². The summed E-state index contributed by atoms with van der Waals surface area (Å²) in [6, 6.07) is 8.81. The van der Waals surface area contributed by atoms with E-state index in [-0.39, 0.29) is 17.3 Å². The number of rotatable bonds is 3. The lowest BCUT2D eigenvalue weighted by molar-refractivity contribution is -0.136. The van der Waals surface area contributed by atoms with Crippen LogP contribution in [0, 0.1) is 0 Å². The molecule has 1 N–H and O–H groups in total. The standard InChI is InChI=1S/C14H9BrCl2F3N/c15-9-4-5-11(16)8(6-9)7-21-13-10(14(18,19)20)2-1-3-12(13)17/h1-6,21H,7H2. The highest BCUT2D eigenvalue weighted by atomic mass is 79.9. The molecule has 0 radical (unpaired) electrons. The summed E-state index contributed by atoms with van der Waals surface area (Å²) < 4.78 is 39.7. The van der Waals surface area contributed by atoms with Gasteiger partial charge in [-0.05, 0) is 35.9 Å². The molecule has 0 saturated carbocycles. The van der Waals surface area contributed by atoms with Crippen LogP contribution in [0.1, 0.15) is 11.1 Å². The van der Waals surface area contributed by atoms with Gasteiger partial charge in [0.15, 0.2) is 0 Å². The summed E-state index contributed by atoms with van der Waals surface area (Å²) in [5, 5.41) is 3.19. The van der Waals surface area contributed by atoms with Gasteiger partial charge >= 0.3 is 6.18 Å². The number of hydrogen-bond acceptors (Lipinski definition) is 1. The van der Waals surface area contributed by atoms with Crippen molar-refractivity contribution in [3.63, 3.8) is 0 Å². The predicted octanol–water partition coefficient (Wildman–Crippen LogP) is 6.39. The summed E-state index contributed by atoms with van der Waals surface area (Å²) in [7, 11) is 0. The Hall–Kier alpha value is -0.910. The molecule has 112 valence electrons. The van der Waals surface area contributed by atoms with E-state index in [0.29, 0.717) is 10.6 Å². The van der Waals surface area contributed by atoms with E-state index in [0.717, 1.165) is 10.5 Å². The third kappa shape index (κ3) is 4.05. The quantitative estimate of drug-likeness (QED) is 0.631. The van der Waals surface area contributed by atoms with Gasteiger partial charge in [0.25, 0.3) is 0 Å². The maximum absolute atomic E-state index is 13.0. The van der Waals surface area contributed by atoms with Crippen LogP contribution in [0.15, 0.2) is 40.9 Å². The second-order valence-electron chi connectivity index (χ2n) is 4.25. The molecule has 0 amide bonds. The summed E-state index contributed by atoms with van der Waals surface area (Å²) in [5.41, 5.74) is -0.289. The molecular weight excluding hydrogens is 390 g/mol. The fourth-order valence-electron chi connectivity index (χ4n) is 1.80. The zero-order valence-corrected chi connectivity index (χ0v) is 13.5. The van der Waals surface area contributed by atoms with Crippen LogP contribution >= 0.6 is 39.1 Å². The van der Waals surface area contributed by atoms with Gasteiger partial charge in [-0.1, -0.05) is 45.2 Å². The van der Waals surface area contributed by atoms with Gasteiger partial charge < -0.3 is 5.32 Å². The highest BCUT2D eigenvalue weighted by molar-refractivity contribution is 9.10. The van der Waals surface area contributed by atoms with Crippen molar-refractivity contribution in [2.75, 3.05) is 5.32 Å². The van der Waals surface area contributed by atoms with Gasteiger partial charge in [0.05, 0.1) is 16.3 Å². The topological polar surface area (TPSA) is 12.0 Å². The first kappa shape index (κ1) is 16.5. The van der Waals surface area contributed by atoms with E-state index in [1.165, 1.54) is 12.1 Å². The zero-order chi connectivity index (χ0) is 15.6. The third-order valence-electron chi connectivity index (χ3n) is 2.78. The summed E-state index contributed by atoms with van der Waals surface area (Å²) in [4.78, 5) is 0. The number of nitrogens with one attached hydrogen (secondary N) is 1. The molecule has 2 aromatic carbocycles. The van der Waals surface area contributed by atoms with Gasteiger partial charge in [-0.2, -0.15) is 13.2 Å². The lowest BCUT2D eigenvalue weighted by atomic mass is 10.1. The molecule has 0 aliphatic heterocycles. The molecule has 0 aromatic heterocycles. The molecule has 7 heteroatoms. The van der Waals surface area contributed by atoms with Crippen LogP contribution in [0.5, 0.6) is 0 Å². The molecule has 0 fully saturated rings. The summed E-state index contributed by atoms with van der Waals surface area (Å²) in [6.07, 6.45) is -4.48. The molecule has 0 aliphatic carbocycles. The Labute approximate surface area is 138 Å². The molecule has 0 saturated heterocycles. The number of halogens is 6. The molecule has 0 heterocycles. The molecular formula is C14H9BrCl2F3N. The van der Waals surface area contributed by atoms with E-state index in [1.807, 2.05) is 0 Å². The maximum Gasteiger partial charge on any atom is 0.418 e. The van der Waals surface area contributed by atoms with Gasteiger partial charge in [-0.15, -0.1) is 0 Å². The van der Waals surface area contributed by atoms with E-state index >= 15 is 0 Å². The first-order valence-corrected chi connectivity index (χ1v) is 7.37. The van der Waals surface area contributed by atoms with Gasteiger partial charge in [0.1, 0.15) is 0 Å². The van der Waals surface area contributed by atoms with E-state index < -0.39 is 11.7 Å². The minimum absolute atomic E-state index is 0.0101. The Morgan fingerprint density at radius 2 is 1.76 bits per heavy atom. The van der Waals surface area contributed by atoms with Crippen LogP contribution in [-0.2, 0) is 12.7 Å². The minimum atomic E-state index is -4.48. The number of hydrogen-bond donors (Lipinski definition) is 1. The van der Waals surface area contributed by atoms with Gasteiger partial charge in [-0.25, -0.2) is 0 Å². The summed E-state index contributed by atoms with van der Waals surface area (Å²) >= 11 is 15.2. The van der Waals surface area contributed by atoms with Crippen molar-refractivity contribution in [2.45, 2.75) is 12.7 Å². The van der Waals surface area contributed by atoms with E-state index in [9.17, 15) is 13.2 Å². The SMILES string of the molecule is FC(F)(F)c1cccc(Cl)c1NCc1cc(Br)ccc1Cl. The molecule has 21 heavy (non-hydrogen) atoms. The largest absolute Gasteiger partial charge is 0.418 e. The Kier molecular flexibility index (Phi) is 5.07. The van der Waals surface area contributed by atoms with Crippen LogP contribution in [0.2, 0.25) is 10.0 Å². The Balaban J connectivity index is 2.30. The number of alkyl halides is 3. The predicted molar refractivity (Wildman–Crippen MR) is 82.9 cm³/mol. The molecule has 0 unspecified atom stereocenters. The molecule has 2 aromatic rings. The van der Waals surface area contributed by atoms with Crippen LogP contribution in [0.4, 0.5) is 18.9 Å². The number of benzene rings is 2. The van der Waals surface area contributed by atoms with E-state index in [1.54, 1.807) is 18.2 Å². The molecule has 0 spiro atoms. The lowest BCUT2D eigenvalue weighted by Gasteiger charge is -2.16. The van der Waals surface area contributed by atoms with Crippen molar-refractivity contribution in [3.05, 3.63) is 62.0 Å². The average Bonchev–Trinajstić information content (AvgIpc) is 2.39. The van der Waals surface area contributed by atoms with Crippen LogP contribution in [0.25, 0.3) is 0 Å². The second kappa shape index (κ2) is 6.46. The Morgan fingerprint density at radius 1 is 1.05 bits per heavy atom. The smallest absolute Gasteiger partial charge is 0.379 e. The van der Waals surface area contributed by atoms with Gasteiger partial charge in [0.2, 0.25) is 0 Å². The molecule has 0 bridgehead atoms. The van der Waals surface area contributed by atoms with Crippen molar-refractivity contribution in [1.82, 2.24) is 0 Å². The molecule has 2 rings (SSSR count). The Bertz CT molecular complexity index is 659. The molecule has 0 atom stereocenters. The monoisotopic (exact) mass is 397 g/mol. The Morgan fingerprint density at radius 3 is 2.43 bits per heavy atom. The zero-order valence-electron chi connectivity index (χ0n) is 10.4. The fraction of sp³-hybridized carbons (Fsp3) is 0.143. The lowest BCUT2D eigenvalue weighted by Crippen LogP contribution is -2.11. The second-order valence-corrected chi connectivity index (χ2v) is 5.98. The average molecular weight is 399 g/mol. The normalized spacial score (nSPS) is 11.5. The first-order chi connectivity index (χ1) is 9.79. The molecule has 1 nitrogen and oxygen atoms in total. The number of para-hydroxylation sites is 1. The fourth-order valence-corrected chi connectivity index (χ4v) is 2.64. The summed E-state index contributed by atoms with van der Waals surface area (Å²) in [6.45, 7) is 0.130. The first-order valence-electron chi connectivity index (χ1n) is 5.82. The number of anilines is 1. The van der Waals surface area contributed by atoms with Crippen LogP contribution in [-0.4, -0.2) is 0 Å². The van der Waals surface area contributed by atoms with Crippen LogP contribution < -0.4 is 5.32 Å². The highest BCUT2D eigenvalue weighted by Gasteiger charge is 2.34. The third-order valence-corrected chi connectivity index (χ3v) is 3.96. The van der Waals surface area contributed by atoms with Crippen molar-refractivity contribution >= 4 is 44.8 Å². The van der Waals surface area contributed by atoms with Crippen molar-refractivity contribution in [3.8, 4) is 0 Å². The van der Waals surface area contributed by atoms with Crippen molar-refractivity contribution in [1.29, 1.82) is 0 Å². The minimum Gasteiger partial charge on any atom is -0.379 e. The maximum atomic E-state index is 13.0. The van der Waals surface area contributed by atoms with Gasteiger partial charge in [0, 0.05) is 16.0 Å². The van der Waals surface area contributed by atoms with Crippen LogP contribution in [0.3, 0.4) is 0 Å². The summed E-state index contributed by atoms with van der Waals surface area (Å²) in [5.74, 6) is 0. The van der Waals surface area contributed by atoms with E-state index in [4.69, 9.17) is 23.2 Å². The van der Waals surface area contributed by atoms with Gasteiger partial charge in [-0.3, -0.25) is 0 Å². The van der Waals surface area contributed by atoms with E-state index in [2.05, 4.69) is 21.2 Å². The molecule has 0 aliphatic rings.